The third-order valence-corrected chi connectivity index (χ3v) is 3.71. The SMILES string of the molecule is C=CCn1c(COC)nnc1SCc1ccccc1F. The fraction of sp³-hybridized carbons (Fsp3) is 0.286. The highest BCUT2D eigenvalue weighted by molar-refractivity contribution is 7.98. The van der Waals surface area contributed by atoms with Crippen molar-refractivity contribution in [2.24, 2.45) is 0 Å². The van der Waals surface area contributed by atoms with E-state index in [0.29, 0.717) is 24.5 Å². The Kier molecular flexibility index (Phi) is 5.31. The van der Waals surface area contributed by atoms with Crippen LogP contribution in [-0.4, -0.2) is 21.9 Å². The Hall–Kier alpha value is -1.66. The van der Waals surface area contributed by atoms with Crippen molar-refractivity contribution in [2.75, 3.05) is 7.11 Å². The molecule has 2 aromatic rings. The lowest BCUT2D eigenvalue weighted by atomic mass is 10.2. The molecule has 0 bridgehead atoms. The van der Waals surface area contributed by atoms with E-state index in [-0.39, 0.29) is 5.82 Å². The number of benzene rings is 1. The summed E-state index contributed by atoms with van der Waals surface area (Å²) in [5.41, 5.74) is 0.652. The van der Waals surface area contributed by atoms with E-state index in [0.717, 1.165) is 11.0 Å². The number of hydrogen-bond donors (Lipinski definition) is 0. The van der Waals surface area contributed by atoms with E-state index in [4.69, 9.17) is 4.74 Å². The van der Waals surface area contributed by atoms with Crippen LogP contribution in [0.3, 0.4) is 0 Å². The van der Waals surface area contributed by atoms with Crippen molar-refractivity contribution in [1.82, 2.24) is 14.8 Å². The zero-order valence-electron chi connectivity index (χ0n) is 11.3. The third kappa shape index (κ3) is 3.46. The van der Waals surface area contributed by atoms with Gasteiger partial charge in [0, 0.05) is 19.4 Å². The van der Waals surface area contributed by atoms with Gasteiger partial charge in [0.25, 0.3) is 0 Å². The van der Waals surface area contributed by atoms with Crippen molar-refractivity contribution in [3.63, 3.8) is 0 Å². The maximum atomic E-state index is 13.6. The summed E-state index contributed by atoms with van der Waals surface area (Å²) in [4.78, 5) is 0. The predicted octanol–water partition coefficient (Wildman–Crippen LogP) is 3.04. The van der Waals surface area contributed by atoms with Crippen molar-refractivity contribution in [1.29, 1.82) is 0 Å². The standard InChI is InChI=1S/C14H16FN3OS/c1-3-8-18-13(9-19-2)16-17-14(18)20-10-11-6-4-5-7-12(11)15/h3-7H,1,8-10H2,2H3. The molecule has 2 rings (SSSR count). The van der Waals surface area contributed by atoms with Gasteiger partial charge in [-0.3, -0.25) is 0 Å². The summed E-state index contributed by atoms with van der Waals surface area (Å²) in [6.07, 6.45) is 1.77. The topological polar surface area (TPSA) is 39.9 Å². The van der Waals surface area contributed by atoms with Gasteiger partial charge in [-0.15, -0.1) is 16.8 Å². The molecule has 0 fully saturated rings. The molecular weight excluding hydrogens is 277 g/mol. The van der Waals surface area contributed by atoms with Crippen LogP contribution in [0, 0.1) is 5.82 Å². The van der Waals surface area contributed by atoms with Gasteiger partial charge in [-0.2, -0.15) is 0 Å². The average molecular weight is 293 g/mol. The Morgan fingerprint density at radius 1 is 1.40 bits per heavy atom. The lowest BCUT2D eigenvalue weighted by molar-refractivity contribution is 0.174. The summed E-state index contributed by atoms with van der Waals surface area (Å²) in [5, 5.41) is 8.94. The van der Waals surface area contributed by atoms with Crippen LogP contribution in [0.1, 0.15) is 11.4 Å². The second-order valence-corrected chi connectivity index (χ2v) is 5.05. The first-order valence-electron chi connectivity index (χ1n) is 6.14. The second-order valence-electron chi connectivity index (χ2n) is 4.11. The van der Waals surface area contributed by atoms with Gasteiger partial charge in [-0.1, -0.05) is 36.0 Å². The smallest absolute Gasteiger partial charge is 0.191 e. The van der Waals surface area contributed by atoms with Crippen LogP contribution in [0.4, 0.5) is 4.39 Å². The van der Waals surface area contributed by atoms with Crippen molar-refractivity contribution < 1.29 is 9.13 Å². The summed E-state index contributed by atoms with van der Waals surface area (Å²) in [5.74, 6) is 1.05. The fourth-order valence-electron chi connectivity index (χ4n) is 1.73. The molecule has 106 valence electrons. The summed E-state index contributed by atoms with van der Waals surface area (Å²) < 4.78 is 20.6. The Labute approximate surface area is 121 Å². The normalized spacial score (nSPS) is 10.7. The first-order valence-corrected chi connectivity index (χ1v) is 7.13. The van der Waals surface area contributed by atoms with Gasteiger partial charge in [0.2, 0.25) is 0 Å². The number of halogens is 1. The molecule has 0 amide bonds. The number of hydrogen-bond acceptors (Lipinski definition) is 4. The Morgan fingerprint density at radius 3 is 2.90 bits per heavy atom. The summed E-state index contributed by atoms with van der Waals surface area (Å²) in [6.45, 7) is 4.72. The minimum atomic E-state index is -0.202. The van der Waals surface area contributed by atoms with Gasteiger partial charge in [0.15, 0.2) is 11.0 Å². The highest BCUT2D eigenvalue weighted by Crippen LogP contribution is 2.23. The van der Waals surface area contributed by atoms with Gasteiger partial charge in [-0.05, 0) is 11.6 Å². The van der Waals surface area contributed by atoms with Crippen LogP contribution >= 0.6 is 11.8 Å². The maximum absolute atomic E-state index is 13.6. The van der Waals surface area contributed by atoms with E-state index in [1.807, 2.05) is 10.6 Å². The molecule has 6 heteroatoms. The predicted molar refractivity (Wildman–Crippen MR) is 76.9 cm³/mol. The molecular formula is C14H16FN3OS. The number of rotatable bonds is 7. The fourth-order valence-corrected chi connectivity index (χ4v) is 2.68. The molecule has 1 heterocycles. The quantitative estimate of drug-likeness (QED) is 0.581. The number of ether oxygens (including phenoxy) is 1. The number of allylic oxidation sites excluding steroid dienone is 1. The van der Waals surface area contributed by atoms with Gasteiger partial charge >= 0.3 is 0 Å². The minimum absolute atomic E-state index is 0.202. The molecule has 0 aliphatic rings. The Balaban J connectivity index is 2.13. The number of thioether (sulfide) groups is 1. The third-order valence-electron chi connectivity index (χ3n) is 2.69. The second kappa shape index (κ2) is 7.21. The van der Waals surface area contributed by atoms with E-state index >= 15 is 0 Å². The van der Waals surface area contributed by atoms with Crippen molar-refractivity contribution >= 4 is 11.8 Å². The molecule has 20 heavy (non-hydrogen) atoms. The van der Waals surface area contributed by atoms with Crippen molar-refractivity contribution in [3.05, 3.63) is 54.1 Å². The highest BCUT2D eigenvalue weighted by atomic mass is 32.2. The molecule has 4 nitrogen and oxygen atoms in total. The molecule has 0 N–H and O–H groups in total. The summed E-state index contributed by atoms with van der Waals surface area (Å²) in [7, 11) is 1.61. The van der Waals surface area contributed by atoms with Crippen LogP contribution in [0.25, 0.3) is 0 Å². The van der Waals surface area contributed by atoms with Crippen LogP contribution in [0.2, 0.25) is 0 Å². The van der Waals surface area contributed by atoms with Crippen molar-refractivity contribution in [2.45, 2.75) is 24.1 Å². The van der Waals surface area contributed by atoms with Gasteiger partial charge < -0.3 is 9.30 Å². The van der Waals surface area contributed by atoms with E-state index in [2.05, 4.69) is 16.8 Å². The Morgan fingerprint density at radius 2 is 2.20 bits per heavy atom. The average Bonchev–Trinajstić information content (AvgIpc) is 2.82. The molecule has 0 aliphatic carbocycles. The maximum Gasteiger partial charge on any atom is 0.191 e. The van der Waals surface area contributed by atoms with Crippen LogP contribution in [-0.2, 0) is 23.6 Å². The summed E-state index contributed by atoms with van der Waals surface area (Å²) >= 11 is 1.45. The first kappa shape index (κ1) is 14.7. The zero-order valence-corrected chi connectivity index (χ0v) is 12.1. The molecule has 0 radical (unpaired) electrons. The minimum Gasteiger partial charge on any atom is -0.377 e. The molecule has 0 saturated heterocycles. The molecule has 0 aliphatic heterocycles. The molecule has 1 aromatic heterocycles. The Bertz CT molecular complexity index is 586. The monoisotopic (exact) mass is 293 g/mol. The molecule has 0 spiro atoms. The van der Waals surface area contributed by atoms with Crippen LogP contribution < -0.4 is 0 Å². The van der Waals surface area contributed by atoms with Gasteiger partial charge in [0.1, 0.15) is 12.4 Å². The van der Waals surface area contributed by atoms with Gasteiger partial charge in [0.05, 0.1) is 0 Å². The molecule has 0 saturated carbocycles. The van der Waals surface area contributed by atoms with Crippen LogP contribution in [0.15, 0.2) is 42.1 Å². The number of aromatic nitrogens is 3. The van der Waals surface area contributed by atoms with E-state index in [9.17, 15) is 4.39 Å². The van der Waals surface area contributed by atoms with Gasteiger partial charge in [-0.25, -0.2) is 4.39 Å². The highest BCUT2D eigenvalue weighted by Gasteiger charge is 2.12. The first-order chi connectivity index (χ1) is 9.76. The number of methoxy groups -OCH3 is 1. The lowest BCUT2D eigenvalue weighted by Crippen LogP contribution is -2.05. The van der Waals surface area contributed by atoms with E-state index in [1.54, 1.807) is 25.3 Å². The summed E-state index contributed by atoms with van der Waals surface area (Å²) in [6, 6.07) is 6.73. The lowest BCUT2D eigenvalue weighted by Gasteiger charge is -2.07. The zero-order chi connectivity index (χ0) is 14.4. The van der Waals surface area contributed by atoms with Crippen molar-refractivity contribution in [3.8, 4) is 0 Å². The molecule has 0 atom stereocenters. The van der Waals surface area contributed by atoms with E-state index < -0.39 is 0 Å². The van der Waals surface area contributed by atoms with Crippen LogP contribution in [0.5, 0.6) is 0 Å². The number of nitrogens with zero attached hydrogens (tertiary/aromatic N) is 3. The largest absolute Gasteiger partial charge is 0.377 e. The van der Waals surface area contributed by atoms with E-state index in [1.165, 1.54) is 17.8 Å². The molecule has 0 unspecified atom stereocenters. The molecule has 1 aromatic carbocycles.